The number of hydrogen-bond acceptors (Lipinski definition) is 1. The van der Waals surface area contributed by atoms with Gasteiger partial charge in [0, 0.05) is 0 Å². The Hall–Kier alpha value is -0.890. The summed E-state index contributed by atoms with van der Waals surface area (Å²) in [5, 5.41) is 9.74. The lowest BCUT2D eigenvalue weighted by Crippen LogP contribution is -2.07. The lowest BCUT2D eigenvalue weighted by Gasteiger charge is -2.17. The van der Waals surface area contributed by atoms with Crippen LogP contribution in [-0.2, 0) is 0 Å². The Kier molecular flexibility index (Phi) is 3.04. The minimum atomic E-state index is -0.573. The molecule has 1 aromatic carbocycles. The van der Waals surface area contributed by atoms with Crippen molar-refractivity contribution in [1.82, 2.24) is 0 Å². The summed E-state index contributed by atoms with van der Waals surface area (Å²) in [4.78, 5) is 0. The predicted molar refractivity (Wildman–Crippen MR) is 50.9 cm³/mol. The number of benzene rings is 1. The van der Waals surface area contributed by atoms with Crippen molar-refractivity contribution < 1.29 is 9.50 Å². The maximum Gasteiger partial charge on any atom is 0.126 e. The Morgan fingerprint density at radius 1 is 1.31 bits per heavy atom. The van der Waals surface area contributed by atoms with Crippen LogP contribution in [-0.4, -0.2) is 5.11 Å². The average molecular weight is 182 g/mol. The second-order valence-corrected chi connectivity index (χ2v) is 3.64. The van der Waals surface area contributed by atoms with Crippen LogP contribution in [0.2, 0.25) is 0 Å². The maximum absolute atomic E-state index is 13.1. The van der Waals surface area contributed by atoms with Gasteiger partial charge in [0.2, 0.25) is 0 Å². The molecule has 2 heteroatoms. The van der Waals surface area contributed by atoms with Crippen molar-refractivity contribution >= 4 is 0 Å². The van der Waals surface area contributed by atoms with Gasteiger partial charge in [0.15, 0.2) is 0 Å². The molecular weight excluding hydrogens is 167 g/mol. The van der Waals surface area contributed by atoms with E-state index in [0.29, 0.717) is 11.1 Å². The Labute approximate surface area is 78.2 Å². The van der Waals surface area contributed by atoms with Crippen LogP contribution in [0.25, 0.3) is 0 Å². The average Bonchev–Trinajstić information content (AvgIpc) is 2.08. The first-order chi connectivity index (χ1) is 6.04. The minimum Gasteiger partial charge on any atom is -0.388 e. The van der Waals surface area contributed by atoms with Crippen LogP contribution in [0, 0.1) is 18.7 Å². The van der Waals surface area contributed by atoms with Gasteiger partial charge in [-0.1, -0.05) is 26.0 Å². The topological polar surface area (TPSA) is 20.2 Å². The largest absolute Gasteiger partial charge is 0.388 e. The summed E-state index contributed by atoms with van der Waals surface area (Å²) in [6, 6.07) is 4.80. The first kappa shape index (κ1) is 10.2. The van der Waals surface area contributed by atoms with Gasteiger partial charge in [0.05, 0.1) is 6.10 Å². The molecule has 0 bridgehead atoms. The molecule has 0 spiro atoms. The van der Waals surface area contributed by atoms with Gasteiger partial charge in [-0.15, -0.1) is 0 Å². The minimum absolute atomic E-state index is 0.112. The summed E-state index contributed by atoms with van der Waals surface area (Å²) in [6.45, 7) is 5.51. The summed E-state index contributed by atoms with van der Waals surface area (Å²) in [5.41, 5.74) is 1.23. The predicted octanol–water partition coefficient (Wildman–Crippen LogP) is 2.82. The Morgan fingerprint density at radius 3 is 2.46 bits per heavy atom. The number of rotatable bonds is 2. The third-order valence-electron chi connectivity index (χ3n) is 2.26. The zero-order valence-corrected chi connectivity index (χ0v) is 8.21. The molecule has 0 aliphatic carbocycles. The summed E-state index contributed by atoms with van der Waals surface area (Å²) < 4.78 is 13.1. The molecule has 1 unspecified atom stereocenters. The van der Waals surface area contributed by atoms with E-state index in [9.17, 15) is 9.50 Å². The first-order valence-corrected chi connectivity index (χ1v) is 4.47. The van der Waals surface area contributed by atoms with E-state index in [-0.39, 0.29) is 11.7 Å². The van der Waals surface area contributed by atoms with Crippen molar-refractivity contribution in [3.05, 3.63) is 35.1 Å². The molecule has 13 heavy (non-hydrogen) atoms. The molecule has 0 saturated heterocycles. The van der Waals surface area contributed by atoms with Crippen molar-refractivity contribution in [3.63, 3.8) is 0 Å². The third-order valence-corrected chi connectivity index (χ3v) is 2.26. The standard InChI is InChI=1S/C11H15FO/c1-7(2)11(13)9-5-4-6-10(12)8(9)3/h4-7,11,13H,1-3H3. The second-order valence-electron chi connectivity index (χ2n) is 3.64. The molecule has 1 atom stereocenters. The molecule has 0 aromatic heterocycles. The van der Waals surface area contributed by atoms with Crippen LogP contribution in [0.3, 0.4) is 0 Å². The number of hydrogen-bond donors (Lipinski definition) is 1. The fraction of sp³-hybridized carbons (Fsp3) is 0.455. The van der Waals surface area contributed by atoms with Crippen LogP contribution in [0.1, 0.15) is 31.1 Å². The lowest BCUT2D eigenvalue weighted by molar-refractivity contribution is 0.126. The Balaban J connectivity index is 3.07. The van der Waals surface area contributed by atoms with E-state index in [0.717, 1.165) is 0 Å². The van der Waals surface area contributed by atoms with Crippen molar-refractivity contribution in [2.45, 2.75) is 26.9 Å². The van der Waals surface area contributed by atoms with E-state index >= 15 is 0 Å². The van der Waals surface area contributed by atoms with Crippen molar-refractivity contribution in [2.24, 2.45) is 5.92 Å². The smallest absolute Gasteiger partial charge is 0.126 e. The summed E-state index contributed by atoms with van der Waals surface area (Å²) in [7, 11) is 0. The zero-order valence-electron chi connectivity index (χ0n) is 8.21. The third kappa shape index (κ3) is 2.07. The van der Waals surface area contributed by atoms with Gasteiger partial charge < -0.3 is 5.11 Å². The molecule has 0 heterocycles. The monoisotopic (exact) mass is 182 g/mol. The Morgan fingerprint density at radius 2 is 1.92 bits per heavy atom. The van der Waals surface area contributed by atoms with Gasteiger partial charge in [-0.2, -0.15) is 0 Å². The molecule has 1 aromatic rings. The highest BCUT2D eigenvalue weighted by Gasteiger charge is 2.15. The van der Waals surface area contributed by atoms with E-state index < -0.39 is 6.10 Å². The van der Waals surface area contributed by atoms with Crippen LogP contribution in [0.4, 0.5) is 4.39 Å². The van der Waals surface area contributed by atoms with Crippen LogP contribution in [0.5, 0.6) is 0 Å². The highest BCUT2D eigenvalue weighted by Crippen LogP contribution is 2.25. The molecule has 1 N–H and O–H groups in total. The number of aliphatic hydroxyl groups excluding tert-OH is 1. The highest BCUT2D eigenvalue weighted by molar-refractivity contribution is 5.29. The molecule has 0 aliphatic heterocycles. The van der Waals surface area contributed by atoms with Crippen molar-refractivity contribution in [1.29, 1.82) is 0 Å². The molecule has 0 saturated carbocycles. The zero-order chi connectivity index (χ0) is 10.0. The molecule has 0 radical (unpaired) electrons. The molecule has 1 nitrogen and oxygen atoms in total. The van der Waals surface area contributed by atoms with Gasteiger partial charge >= 0.3 is 0 Å². The van der Waals surface area contributed by atoms with Gasteiger partial charge in [0.1, 0.15) is 5.82 Å². The number of aliphatic hydroxyl groups is 1. The lowest BCUT2D eigenvalue weighted by atomic mass is 9.95. The highest BCUT2D eigenvalue weighted by atomic mass is 19.1. The van der Waals surface area contributed by atoms with E-state index in [1.165, 1.54) is 6.07 Å². The first-order valence-electron chi connectivity index (χ1n) is 4.47. The molecule has 0 amide bonds. The van der Waals surface area contributed by atoms with Gasteiger partial charge in [-0.05, 0) is 30.0 Å². The normalized spacial score (nSPS) is 13.4. The van der Waals surface area contributed by atoms with Crippen LogP contribution >= 0.6 is 0 Å². The quantitative estimate of drug-likeness (QED) is 0.745. The van der Waals surface area contributed by atoms with Gasteiger partial charge in [-0.25, -0.2) is 4.39 Å². The van der Waals surface area contributed by atoms with E-state index in [1.807, 2.05) is 13.8 Å². The molecule has 0 aliphatic rings. The van der Waals surface area contributed by atoms with Gasteiger partial charge in [0.25, 0.3) is 0 Å². The van der Waals surface area contributed by atoms with Crippen molar-refractivity contribution in [3.8, 4) is 0 Å². The number of halogens is 1. The Bertz CT molecular complexity index is 294. The van der Waals surface area contributed by atoms with E-state index in [4.69, 9.17) is 0 Å². The van der Waals surface area contributed by atoms with Crippen LogP contribution in [0.15, 0.2) is 18.2 Å². The van der Waals surface area contributed by atoms with Gasteiger partial charge in [-0.3, -0.25) is 0 Å². The summed E-state index contributed by atoms with van der Waals surface area (Å²) in [6.07, 6.45) is -0.573. The summed E-state index contributed by atoms with van der Waals surface area (Å²) >= 11 is 0. The fourth-order valence-corrected chi connectivity index (χ4v) is 1.30. The van der Waals surface area contributed by atoms with Crippen LogP contribution < -0.4 is 0 Å². The second kappa shape index (κ2) is 3.88. The fourth-order valence-electron chi connectivity index (χ4n) is 1.30. The van der Waals surface area contributed by atoms with Crippen molar-refractivity contribution in [2.75, 3.05) is 0 Å². The maximum atomic E-state index is 13.1. The molecule has 72 valence electrons. The SMILES string of the molecule is Cc1c(F)cccc1C(O)C(C)C. The molecule has 0 fully saturated rings. The van der Waals surface area contributed by atoms with E-state index in [1.54, 1.807) is 19.1 Å². The molecular formula is C11H15FO. The van der Waals surface area contributed by atoms with E-state index in [2.05, 4.69) is 0 Å². The molecule has 1 rings (SSSR count). The summed E-state index contributed by atoms with van der Waals surface area (Å²) in [5.74, 6) is -0.141.